The van der Waals surface area contributed by atoms with Crippen molar-refractivity contribution in [2.24, 2.45) is 0 Å². The van der Waals surface area contributed by atoms with E-state index in [-0.39, 0.29) is 25.2 Å². The Morgan fingerprint density at radius 1 is 0.422 bits per heavy atom. The number of unbranched alkanes of at least 4 members (excludes halogenated alkanes) is 29. The lowest BCUT2D eigenvalue weighted by molar-refractivity contribution is -0.161. The molecule has 268 valence electrons. The Morgan fingerprint density at radius 3 is 0.978 bits per heavy atom. The molecule has 0 aliphatic rings. The van der Waals surface area contributed by atoms with E-state index < -0.39 is 6.10 Å². The highest BCUT2D eigenvalue weighted by Gasteiger charge is 2.16. The number of rotatable bonds is 37. The van der Waals surface area contributed by atoms with E-state index in [1.165, 1.54) is 167 Å². The quantitative estimate of drug-likeness (QED) is 0.0541. The summed E-state index contributed by atoms with van der Waals surface area (Å²) in [6.07, 6.45) is 40.2. The summed E-state index contributed by atoms with van der Waals surface area (Å²) in [5.41, 5.74) is 0. The molecule has 0 amide bonds. The molecule has 0 aliphatic carbocycles. The molecule has 5 heteroatoms. The lowest BCUT2D eigenvalue weighted by atomic mass is 10.0. The van der Waals surface area contributed by atoms with Crippen molar-refractivity contribution in [2.75, 3.05) is 13.2 Å². The second-order valence-corrected chi connectivity index (χ2v) is 13.7. The third-order valence-corrected chi connectivity index (χ3v) is 9.15. The molecule has 0 aromatic carbocycles. The summed E-state index contributed by atoms with van der Waals surface area (Å²) < 4.78 is 10.6. The molecule has 0 aromatic rings. The minimum absolute atomic E-state index is 0.0568. The number of esters is 2. The number of ether oxygens (including phenoxy) is 2. The maximum absolute atomic E-state index is 12.1. The molecule has 0 aliphatic heterocycles. The van der Waals surface area contributed by atoms with Crippen LogP contribution in [0.1, 0.15) is 226 Å². The normalized spacial score (nSPS) is 12.0. The van der Waals surface area contributed by atoms with Crippen LogP contribution in [-0.4, -0.2) is 36.4 Å². The van der Waals surface area contributed by atoms with E-state index >= 15 is 0 Å². The van der Waals surface area contributed by atoms with Crippen molar-refractivity contribution >= 4 is 11.9 Å². The molecule has 1 N–H and O–H groups in total. The maximum Gasteiger partial charge on any atom is 0.306 e. The molecule has 0 saturated heterocycles. The van der Waals surface area contributed by atoms with Crippen LogP contribution < -0.4 is 0 Å². The van der Waals surface area contributed by atoms with Crippen molar-refractivity contribution in [3.05, 3.63) is 0 Å². The first kappa shape index (κ1) is 43.9. The Labute approximate surface area is 280 Å². The minimum Gasteiger partial charge on any atom is -0.462 e. The zero-order valence-electron chi connectivity index (χ0n) is 30.4. The van der Waals surface area contributed by atoms with Crippen molar-refractivity contribution in [3.63, 3.8) is 0 Å². The topological polar surface area (TPSA) is 72.8 Å². The molecule has 0 rings (SSSR count). The van der Waals surface area contributed by atoms with Crippen LogP contribution in [0, 0.1) is 0 Å². The standard InChI is InChI=1S/C40H78O5/c1-3-5-7-9-11-13-15-17-19-20-21-23-24-26-28-30-32-34-39(42)44-37-38(36-41)45-40(43)35-33-31-29-27-25-22-18-16-14-12-10-8-6-4-2/h38,41H,3-37H2,1-2H3/t38-/m0/s1. The van der Waals surface area contributed by atoms with Gasteiger partial charge in [0.05, 0.1) is 6.61 Å². The van der Waals surface area contributed by atoms with Gasteiger partial charge >= 0.3 is 11.9 Å². The summed E-state index contributed by atoms with van der Waals surface area (Å²) in [4.78, 5) is 24.2. The minimum atomic E-state index is -0.761. The Morgan fingerprint density at radius 2 is 0.689 bits per heavy atom. The number of hydrogen-bond donors (Lipinski definition) is 1. The number of hydrogen-bond acceptors (Lipinski definition) is 5. The average molecular weight is 639 g/mol. The molecule has 0 radical (unpaired) electrons. The van der Waals surface area contributed by atoms with Crippen LogP contribution >= 0.6 is 0 Å². The third-order valence-electron chi connectivity index (χ3n) is 9.15. The number of carbonyl (C=O) groups excluding carboxylic acids is 2. The second-order valence-electron chi connectivity index (χ2n) is 13.7. The average Bonchev–Trinajstić information content (AvgIpc) is 3.04. The highest BCUT2D eigenvalue weighted by molar-refractivity contribution is 5.70. The monoisotopic (exact) mass is 639 g/mol. The third kappa shape index (κ3) is 35.6. The molecule has 0 aromatic heterocycles. The van der Waals surface area contributed by atoms with E-state index in [1.54, 1.807) is 0 Å². The summed E-state index contributed by atoms with van der Waals surface area (Å²) in [6.45, 7) is 4.16. The first-order valence-electron chi connectivity index (χ1n) is 20.1. The summed E-state index contributed by atoms with van der Waals surface area (Å²) in [6, 6.07) is 0. The van der Waals surface area contributed by atoms with E-state index in [0.29, 0.717) is 12.8 Å². The van der Waals surface area contributed by atoms with Gasteiger partial charge in [-0.15, -0.1) is 0 Å². The molecule has 0 fully saturated rings. The predicted octanol–water partition coefficient (Wildman–Crippen LogP) is 12.3. The van der Waals surface area contributed by atoms with Crippen LogP contribution in [0.4, 0.5) is 0 Å². The van der Waals surface area contributed by atoms with Gasteiger partial charge in [-0.25, -0.2) is 0 Å². The van der Waals surface area contributed by atoms with Gasteiger partial charge in [-0.3, -0.25) is 9.59 Å². The van der Waals surface area contributed by atoms with E-state index in [4.69, 9.17) is 9.47 Å². The summed E-state index contributed by atoms with van der Waals surface area (Å²) >= 11 is 0. The first-order valence-corrected chi connectivity index (χ1v) is 20.1. The van der Waals surface area contributed by atoms with Crippen LogP contribution in [0.2, 0.25) is 0 Å². The molecule has 0 heterocycles. The van der Waals surface area contributed by atoms with Crippen LogP contribution in [-0.2, 0) is 19.1 Å². The fraction of sp³-hybridized carbons (Fsp3) is 0.950. The second kappa shape index (κ2) is 37.4. The van der Waals surface area contributed by atoms with E-state index in [1.807, 2.05) is 0 Å². The van der Waals surface area contributed by atoms with Crippen molar-refractivity contribution in [2.45, 2.75) is 232 Å². The van der Waals surface area contributed by atoms with E-state index in [9.17, 15) is 14.7 Å². The van der Waals surface area contributed by atoms with Gasteiger partial charge < -0.3 is 14.6 Å². The fourth-order valence-corrected chi connectivity index (χ4v) is 6.08. The predicted molar refractivity (Wildman–Crippen MR) is 192 cm³/mol. The van der Waals surface area contributed by atoms with Gasteiger partial charge in [0.25, 0.3) is 0 Å². The van der Waals surface area contributed by atoms with Crippen molar-refractivity contribution in [1.29, 1.82) is 0 Å². The van der Waals surface area contributed by atoms with Crippen molar-refractivity contribution < 1.29 is 24.2 Å². The highest BCUT2D eigenvalue weighted by Crippen LogP contribution is 2.16. The number of carbonyl (C=O) groups is 2. The van der Waals surface area contributed by atoms with Gasteiger partial charge in [0.15, 0.2) is 6.10 Å². The number of aliphatic hydroxyl groups excluding tert-OH is 1. The van der Waals surface area contributed by atoms with Crippen LogP contribution in [0.25, 0.3) is 0 Å². The first-order chi connectivity index (χ1) is 22.1. The van der Waals surface area contributed by atoms with Crippen LogP contribution in [0.3, 0.4) is 0 Å². The van der Waals surface area contributed by atoms with E-state index in [2.05, 4.69) is 13.8 Å². The summed E-state index contributed by atoms with van der Waals surface area (Å²) in [5.74, 6) is -0.574. The van der Waals surface area contributed by atoms with Gasteiger partial charge in [-0.2, -0.15) is 0 Å². The Bertz CT molecular complexity index is 607. The lowest BCUT2D eigenvalue weighted by Crippen LogP contribution is -2.28. The summed E-state index contributed by atoms with van der Waals surface area (Å²) in [7, 11) is 0. The molecular formula is C40H78O5. The fourth-order valence-electron chi connectivity index (χ4n) is 6.08. The van der Waals surface area contributed by atoms with Crippen LogP contribution in [0.15, 0.2) is 0 Å². The van der Waals surface area contributed by atoms with Crippen LogP contribution in [0.5, 0.6) is 0 Å². The largest absolute Gasteiger partial charge is 0.462 e. The van der Waals surface area contributed by atoms with Gasteiger partial charge in [-0.05, 0) is 12.8 Å². The Kier molecular flexibility index (Phi) is 36.4. The number of aliphatic hydroxyl groups is 1. The molecule has 0 unspecified atom stereocenters. The van der Waals surface area contributed by atoms with Gasteiger partial charge in [-0.1, -0.05) is 200 Å². The molecular weight excluding hydrogens is 560 g/mol. The Balaban J connectivity index is 3.48. The summed E-state index contributed by atoms with van der Waals surface area (Å²) in [5, 5.41) is 9.55. The molecule has 5 nitrogen and oxygen atoms in total. The molecule has 1 atom stereocenters. The zero-order valence-corrected chi connectivity index (χ0v) is 30.4. The maximum atomic E-state index is 12.1. The highest BCUT2D eigenvalue weighted by atomic mass is 16.6. The molecule has 45 heavy (non-hydrogen) atoms. The van der Waals surface area contributed by atoms with Gasteiger partial charge in [0.1, 0.15) is 6.61 Å². The zero-order chi connectivity index (χ0) is 32.9. The van der Waals surface area contributed by atoms with Crippen molar-refractivity contribution in [3.8, 4) is 0 Å². The SMILES string of the molecule is CCCCCCCCCCCCCCCCCCCC(=O)OC[C@H](CO)OC(=O)CCCCCCCCCCCCCCCC. The van der Waals surface area contributed by atoms with Gasteiger partial charge in [0, 0.05) is 12.8 Å². The molecule has 0 spiro atoms. The van der Waals surface area contributed by atoms with E-state index in [0.717, 1.165) is 32.1 Å². The lowest BCUT2D eigenvalue weighted by Gasteiger charge is -2.15. The smallest absolute Gasteiger partial charge is 0.306 e. The molecule has 0 bridgehead atoms. The Hall–Kier alpha value is -1.10. The van der Waals surface area contributed by atoms with Crippen molar-refractivity contribution in [1.82, 2.24) is 0 Å². The van der Waals surface area contributed by atoms with Gasteiger partial charge in [0.2, 0.25) is 0 Å². The molecule has 0 saturated carbocycles.